The molecular weight excluding hydrogens is 600 g/mol. The first-order valence-corrected chi connectivity index (χ1v) is 15.4. The van der Waals surface area contributed by atoms with Gasteiger partial charge in [0.2, 0.25) is 17.7 Å². The summed E-state index contributed by atoms with van der Waals surface area (Å²) in [5, 5.41) is 29.2. The average Bonchev–Trinajstić information content (AvgIpc) is 3.65. The molecule has 4 heterocycles. The molecule has 0 saturated carbocycles. The summed E-state index contributed by atoms with van der Waals surface area (Å²) < 4.78 is 4.89. The summed E-state index contributed by atoms with van der Waals surface area (Å²) in [6.07, 6.45) is 5.91. The maximum atomic E-state index is 13.8. The van der Waals surface area contributed by atoms with Gasteiger partial charge in [-0.25, -0.2) is 9.78 Å². The van der Waals surface area contributed by atoms with Gasteiger partial charge in [-0.15, -0.1) is 0 Å². The highest BCUT2D eigenvalue weighted by molar-refractivity contribution is 6.23. The van der Waals surface area contributed by atoms with Crippen molar-refractivity contribution in [3.05, 3.63) is 71.1 Å². The van der Waals surface area contributed by atoms with E-state index in [1.54, 1.807) is 36.2 Å². The largest absolute Gasteiger partial charge is 0.413 e. The lowest BCUT2D eigenvalue weighted by Gasteiger charge is -2.29. The summed E-state index contributed by atoms with van der Waals surface area (Å²) in [4.78, 5) is 48.6. The molecule has 3 amide bonds. The van der Waals surface area contributed by atoms with Crippen LogP contribution in [0.4, 0.5) is 16.3 Å². The van der Waals surface area contributed by atoms with Gasteiger partial charge in [0.05, 0.1) is 23.4 Å². The lowest BCUT2D eigenvalue weighted by atomic mass is 9.85. The number of hydrogen-bond donors (Lipinski definition) is 6. The number of anilines is 2. The first-order chi connectivity index (χ1) is 22.6. The molecule has 1 aromatic heterocycles. The Kier molecular flexibility index (Phi) is 9.80. The predicted molar refractivity (Wildman–Crippen MR) is 180 cm³/mol. The number of rotatable bonds is 9. The summed E-state index contributed by atoms with van der Waals surface area (Å²) in [6, 6.07) is 10.5. The Morgan fingerprint density at radius 2 is 1.83 bits per heavy atom. The lowest BCUT2D eigenvalue weighted by Crippen LogP contribution is -2.43. The minimum absolute atomic E-state index is 0.0100. The van der Waals surface area contributed by atoms with Gasteiger partial charge in [-0.1, -0.05) is 18.2 Å². The molecule has 2 saturated heterocycles. The standard InChI is InChI=1S/C33H40N10O4/c1-38-18-24(17-34)28(36)29-25(35)7-8-26(40-29)43-16-12-33(31(43)45)11-15-41(20-33)19-27(44)42-13-9-22(10-14-42)21-3-5-23(6-4-21)30(37)47-32(46)39-2/h3-9,17-18,34,36-38H,10-16,19-20,35H2,1-2H3,(H,39,46)/b24-18+,34-17?,36-28?,37-30?/t33-/m0/s1. The van der Waals surface area contributed by atoms with Crippen molar-refractivity contribution in [2.75, 3.05) is 64.0 Å². The molecule has 2 aromatic rings. The quantitative estimate of drug-likeness (QED) is 0.177. The van der Waals surface area contributed by atoms with Gasteiger partial charge < -0.3 is 31.4 Å². The Labute approximate surface area is 273 Å². The van der Waals surface area contributed by atoms with E-state index in [0.29, 0.717) is 68.9 Å². The maximum absolute atomic E-state index is 13.8. The monoisotopic (exact) mass is 640 g/mol. The van der Waals surface area contributed by atoms with Crippen molar-refractivity contribution >= 4 is 52.8 Å². The first-order valence-electron chi connectivity index (χ1n) is 15.4. The van der Waals surface area contributed by atoms with Crippen LogP contribution in [0.5, 0.6) is 0 Å². The Balaban J connectivity index is 1.17. The smallest absolute Gasteiger partial charge is 0.397 e. The highest BCUT2D eigenvalue weighted by Crippen LogP contribution is 2.42. The second-order valence-corrected chi connectivity index (χ2v) is 11.8. The van der Waals surface area contributed by atoms with Crippen LogP contribution in [-0.2, 0) is 14.3 Å². The van der Waals surface area contributed by atoms with Gasteiger partial charge in [0.1, 0.15) is 11.5 Å². The maximum Gasteiger partial charge on any atom is 0.413 e. The number of ether oxygens (including phenoxy) is 1. The molecule has 1 spiro atoms. The van der Waals surface area contributed by atoms with E-state index >= 15 is 0 Å². The number of likely N-dealkylation sites (tertiary alicyclic amines) is 1. The van der Waals surface area contributed by atoms with E-state index in [9.17, 15) is 14.4 Å². The van der Waals surface area contributed by atoms with Gasteiger partial charge >= 0.3 is 6.09 Å². The highest BCUT2D eigenvalue weighted by atomic mass is 16.6. The molecule has 0 aliphatic carbocycles. The first kappa shape index (κ1) is 33.0. The number of nitrogen functional groups attached to an aromatic ring is 1. The van der Waals surface area contributed by atoms with Crippen LogP contribution in [0.15, 0.2) is 54.2 Å². The zero-order chi connectivity index (χ0) is 33.7. The third-order valence-corrected chi connectivity index (χ3v) is 8.95. The number of pyridine rings is 1. The SMILES string of the molecule is CN/C=C(\C=N)C(=N)c1nc(N2CC[C@]3(CCN(CC(=O)N4CC=C(c5ccc(C(=N)OC(=O)NC)cc5)CC4)C3)C2=O)ccc1N. The molecule has 1 aromatic carbocycles. The number of aromatic nitrogens is 1. The van der Waals surface area contributed by atoms with E-state index < -0.39 is 11.5 Å². The molecule has 2 fully saturated rings. The van der Waals surface area contributed by atoms with Gasteiger partial charge in [-0.3, -0.25) is 30.2 Å². The summed E-state index contributed by atoms with van der Waals surface area (Å²) in [6.45, 7) is 2.93. The third kappa shape index (κ3) is 6.92. The molecule has 14 nitrogen and oxygen atoms in total. The molecule has 7 N–H and O–H groups in total. The van der Waals surface area contributed by atoms with Gasteiger partial charge in [0.15, 0.2) is 0 Å². The van der Waals surface area contributed by atoms with E-state index in [1.165, 1.54) is 13.2 Å². The van der Waals surface area contributed by atoms with Gasteiger partial charge in [0.25, 0.3) is 0 Å². The summed E-state index contributed by atoms with van der Waals surface area (Å²) in [5.74, 6) is 0.178. The van der Waals surface area contributed by atoms with Gasteiger partial charge in [-0.2, -0.15) is 0 Å². The molecule has 47 heavy (non-hydrogen) atoms. The Bertz CT molecular complexity index is 1670. The van der Waals surface area contributed by atoms with Crippen molar-refractivity contribution in [3.8, 4) is 0 Å². The van der Waals surface area contributed by atoms with Crippen molar-refractivity contribution in [3.63, 3.8) is 0 Å². The number of carbonyl (C=O) groups excluding carboxylic acids is 3. The van der Waals surface area contributed by atoms with Crippen molar-refractivity contribution in [2.45, 2.75) is 19.3 Å². The van der Waals surface area contributed by atoms with E-state index in [4.69, 9.17) is 26.7 Å². The normalized spacial score (nSPS) is 19.8. The van der Waals surface area contributed by atoms with Crippen LogP contribution in [0.3, 0.4) is 0 Å². The zero-order valence-electron chi connectivity index (χ0n) is 26.6. The molecule has 0 radical (unpaired) electrons. The van der Waals surface area contributed by atoms with Crippen molar-refractivity contribution in [1.29, 1.82) is 16.2 Å². The molecule has 14 heteroatoms. The number of carbonyl (C=O) groups is 3. The molecule has 1 atom stereocenters. The number of hydrogen-bond acceptors (Lipinski definition) is 11. The second kappa shape index (κ2) is 14.0. The summed E-state index contributed by atoms with van der Waals surface area (Å²) >= 11 is 0. The Morgan fingerprint density at radius 1 is 1.09 bits per heavy atom. The molecule has 246 valence electrons. The number of benzene rings is 1. The second-order valence-electron chi connectivity index (χ2n) is 11.8. The molecule has 5 rings (SSSR count). The summed E-state index contributed by atoms with van der Waals surface area (Å²) in [5.41, 5.74) is 8.93. The zero-order valence-corrected chi connectivity index (χ0v) is 26.6. The molecule has 3 aliphatic heterocycles. The van der Waals surface area contributed by atoms with Crippen LogP contribution >= 0.6 is 0 Å². The van der Waals surface area contributed by atoms with E-state index in [1.807, 2.05) is 23.1 Å². The number of nitrogens with zero attached hydrogens (tertiary/aromatic N) is 4. The fourth-order valence-electron chi connectivity index (χ4n) is 6.29. The minimum atomic E-state index is -0.694. The Hall–Kier alpha value is -5.37. The Morgan fingerprint density at radius 3 is 2.49 bits per heavy atom. The van der Waals surface area contributed by atoms with Crippen LogP contribution in [-0.4, -0.2) is 104 Å². The number of amides is 3. The predicted octanol–water partition coefficient (Wildman–Crippen LogP) is 2.21. The van der Waals surface area contributed by atoms with Crippen LogP contribution in [0.25, 0.3) is 5.57 Å². The fraction of sp³-hybridized carbons (Fsp3) is 0.364. The molecule has 3 aliphatic rings. The van der Waals surface area contributed by atoms with Gasteiger partial charge in [0, 0.05) is 63.8 Å². The van der Waals surface area contributed by atoms with Crippen LogP contribution in [0.2, 0.25) is 0 Å². The van der Waals surface area contributed by atoms with Crippen molar-refractivity contribution in [2.24, 2.45) is 5.41 Å². The lowest BCUT2D eigenvalue weighted by molar-refractivity contribution is -0.132. The fourth-order valence-corrected chi connectivity index (χ4v) is 6.29. The van der Waals surface area contributed by atoms with E-state index in [0.717, 1.165) is 17.4 Å². The minimum Gasteiger partial charge on any atom is -0.397 e. The van der Waals surface area contributed by atoms with E-state index in [2.05, 4.69) is 20.5 Å². The number of allylic oxidation sites excluding steroid dienone is 1. The number of nitrogens with two attached hydrogens (primary N) is 1. The van der Waals surface area contributed by atoms with E-state index in [-0.39, 0.29) is 41.3 Å². The summed E-state index contributed by atoms with van der Waals surface area (Å²) in [7, 11) is 3.11. The van der Waals surface area contributed by atoms with Gasteiger partial charge in [-0.05, 0) is 61.2 Å². The van der Waals surface area contributed by atoms with Crippen molar-refractivity contribution < 1.29 is 19.1 Å². The molecule has 0 bridgehead atoms. The van der Waals surface area contributed by atoms with Crippen LogP contribution in [0.1, 0.15) is 36.1 Å². The number of alkyl carbamates (subject to hydrolysis) is 1. The van der Waals surface area contributed by atoms with Crippen LogP contribution < -0.4 is 21.3 Å². The molecule has 0 unspecified atom stereocenters. The van der Waals surface area contributed by atoms with Crippen LogP contribution in [0, 0.1) is 21.6 Å². The third-order valence-electron chi connectivity index (χ3n) is 8.95. The molecular formula is C33H40N10O4. The highest BCUT2D eigenvalue weighted by Gasteiger charge is 2.51. The number of nitrogens with one attached hydrogen (secondary N) is 5. The topological polar surface area (TPSA) is 205 Å². The average molecular weight is 641 g/mol. The van der Waals surface area contributed by atoms with Crippen molar-refractivity contribution in [1.82, 2.24) is 25.4 Å².